The number of ether oxygens (including phenoxy) is 1. The lowest BCUT2D eigenvalue weighted by Crippen LogP contribution is -2.50. The second-order valence-electron chi connectivity index (χ2n) is 6.03. The van der Waals surface area contributed by atoms with E-state index >= 15 is 0 Å². The molecule has 0 amide bonds. The number of hydrogen-bond donors (Lipinski definition) is 3. The summed E-state index contributed by atoms with van der Waals surface area (Å²) in [6.45, 7) is 4.35. The van der Waals surface area contributed by atoms with Crippen molar-refractivity contribution >= 4 is 0 Å². The zero-order valence-electron chi connectivity index (χ0n) is 12.3. The number of aliphatic hydroxyl groups is 2. The van der Waals surface area contributed by atoms with Crippen LogP contribution in [0.2, 0.25) is 0 Å². The molecule has 2 rings (SSSR count). The molecule has 20 heavy (non-hydrogen) atoms. The van der Waals surface area contributed by atoms with Gasteiger partial charge in [-0.05, 0) is 30.5 Å². The SMILES string of the molecule is CC(C)NC1(CO)CCC(Oc2cccc(CO)c2)C1. The van der Waals surface area contributed by atoms with Crippen molar-refractivity contribution in [2.24, 2.45) is 0 Å². The fourth-order valence-electron chi connectivity index (χ4n) is 3.02. The molecule has 0 spiro atoms. The smallest absolute Gasteiger partial charge is 0.120 e. The second-order valence-corrected chi connectivity index (χ2v) is 6.03. The molecule has 2 atom stereocenters. The molecule has 1 aromatic rings. The molecule has 1 fully saturated rings. The second kappa shape index (κ2) is 6.57. The van der Waals surface area contributed by atoms with Gasteiger partial charge in [0.05, 0.1) is 13.2 Å². The maximum Gasteiger partial charge on any atom is 0.120 e. The lowest BCUT2D eigenvalue weighted by Gasteiger charge is -2.30. The lowest BCUT2D eigenvalue weighted by molar-refractivity contribution is 0.133. The Morgan fingerprint density at radius 2 is 2.20 bits per heavy atom. The minimum absolute atomic E-state index is 0.0251. The zero-order valence-corrected chi connectivity index (χ0v) is 12.3. The van der Waals surface area contributed by atoms with Gasteiger partial charge < -0.3 is 20.3 Å². The van der Waals surface area contributed by atoms with Crippen molar-refractivity contribution in [1.29, 1.82) is 0 Å². The molecule has 2 unspecified atom stereocenters. The predicted octanol–water partition coefficient (Wildman–Crippen LogP) is 1.84. The summed E-state index contributed by atoms with van der Waals surface area (Å²) in [7, 11) is 0. The molecular weight excluding hydrogens is 254 g/mol. The first-order valence-electron chi connectivity index (χ1n) is 7.32. The summed E-state index contributed by atoms with van der Waals surface area (Å²) in [6, 6.07) is 7.89. The van der Waals surface area contributed by atoms with Gasteiger partial charge in [0.15, 0.2) is 0 Å². The number of nitrogens with one attached hydrogen (secondary N) is 1. The first kappa shape index (κ1) is 15.3. The molecule has 1 aliphatic carbocycles. The van der Waals surface area contributed by atoms with E-state index in [4.69, 9.17) is 9.84 Å². The number of rotatable bonds is 6. The Kier molecular flexibility index (Phi) is 5.02. The van der Waals surface area contributed by atoms with Gasteiger partial charge in [-0.2, -0.15) is 0 Å². The molecule has 0 aromatic heterocycles. The molecule has 1 aliphatic rings. The highest BCUT2D eigenvalue weighted by molar-refractivity contribution is 5.28. The molecule has 0 heterocycles. The summed E-state index contributed by atoms with van der Waals surface area (Å²) >= 11 is 0. The molecule has 1 saturated carbocycles. The van der Waals surface area contributed by atoms with Gasteiger partial charge in [-0.1, -0.05) is 26.0 Å². The first-order valence-corrected chi connectivity index (χ1v) is 7.32. The van der Waals surface area contributed by atoms with Crippen molar-refractivity contribution in [3.8, 4) is 5.75 Å². The summed E-state index contributed by atoms with van der Waals surface area (Å²) in [6.07, 6.45) is 2.78. The van der Waals surface area contributed by atoms with Gasteiger partial charge in [-0.25, -0.2) is 0 Å². The Labute approximate surface area is 120 Å². The third-order valence-corrected chi connectivity index (χ3v) is 3.84. The molecule has 4 heteroatoms. The molecule has 0 saturated heterocycles. The van der Waals surface area contributed by atoms with Crippen LogP contribution in [-0.4, -0.2) is 34.5 Å². The van der Waals surface area contributed by atoms with Crippen LogP contribution < -0.4 is 10.1 Å². The fraction of sp³-hybridized carbons (Fsp3) is 0.625. The van der Waals surface area contributed by atoms with Crippen LogP contribution in [0, 0.1) is 0 Å². The maximum atomic E-state index is 9.68. The standard InChI is InChI=1S/C16H25NO3/c1-12(2)17-16(11-19)7-6-15(9-16)20-14-5-3-4-13(8-14)10-18/h3-5,8,12,15,17-19H,6-7,9-11H2,1-2H3. The Morgan fingerprint density at radius 1 is 1.40 bits per heavy atom. The van der Waals surface area contributed by atoms with Gasteiger partial charge in [0.2, 0.25) is 0 Å². The summed E-state index contributed by atoms with van der Waals surface area (Å²) in [4.78, 5) is 0. The van der Waals surface area contributed by atoms with E-state index in [1.807, 2.05) is 24.3 Å². The average Bonchev–Trinajstić information content (AvgIpc) is 2.82. The van der Waals surface area contributed by atoms with Crippen molar-refractivity contribution in [3.05, 3.63) is 29.8 Å². The Bertz CT molecular complexity index is 435. The molecule has 112 valence electrons. The van der Waals surface area contributed by atoms with E-state index in [1.165, 1.54) is 0 Å². The van der Waals surface area contributed by atoms with Crippen molar-refractivity contribution < 1.29 is 14.9 Å². The van der Waals surface area contributed by atoms with Gasteiger partial charge >= 0.3 is 0 Å². The largest absolute Gasteiger partial charge is 0.490 e. The van der Waals surface area contributed by atoms with E-state index in [2.05, 4.69) is 19.2 Å². The molecule has 4 nitrogen and oxygen atoms in total. The van der Waals surface area contributed by atoms with Crippen LogP contribution in [0.15, 0.2) is 24.3 Å². The Hall–Kier alpha value is -1.10. The molecular formula is C16H25NO3. The Balaban J connectivity index is 1.98. The predicted molar refractivity (Wildman–Crippen MR) is 78.7 cm³/mol. The van der Waals surface area contributed by atoms with Crippen LogP contribution in [-0.2, 0) is 6.61 Å². The molecule has 1 aromatic carbocycles. The monoisotopic (exact) mass is 279 g/mol. The van der Waals surface area contributed by atoms with Crippen LogP contribution in [0.5, 0.6) is 5.75 Å². The summed E-state index contributed by atoms with van der Waals surface area (Å²) < 4.78 is 5.99. The molecule has 0 aliphatic heterocycles. The van der Waals surface area contributed by atoms with Gasteiger partial charge in [-0.15, -0.1) is 0 Å². The third kappa shape index (κ3) is 3.72. The van der Waals surface area contributed by atoms with E-state index in [0.29, 0.717) is 6.04 Å². The average molecular weight is 279 g/mol. The van der Waals surface area contributed by atoms with Crippen molar-refractivity contribution in [3.63, 3.8) is 0 Å². The fourth-order valence-corrected chi connectivity index (χ4v) is 3.02. The van der Waals surface area contributed by atoms with Crippen molar-refractivity contribution in [1.82, 2.24) is 5.32 Å². The Morgan fingerprint density at radius 3 is 2.85 bits per heavy atom. The minimum atomic E-state index is -0.215. The molecule has 0 bridgehead atoms. The van der Waals surface area contributed by atoms with Crippen LogP contribution in [0.4, 0.5) is 0 Å². The summed E-state index contributed by atoms with van der Waals surface area (Å²) in [5.41, 5.74) is 0.641. The molecule has 3 N–H and O–H groups in total. The maximum absolute atomic E-state index is 9.68. The first-order chi connectivity index (χ1) is 9.57. The highest BCUT2D eigenvalue weighted by atomic mass is 16.5. The van der Waals surface area contributed by atoms with E-state index in [1.54, 1.807) is 0 Å². The van der Waals surface area contributed by atoms with Crippen LogP contribution in [0.1, 0.15) is 38.7 Å². The van der Waals surface area contributed by atoms with Gasteiger partial charge in [0.25, 0.3) is 0 Å². The van der Waals surface area contributed by atoms with E-state index < -0.39 is 0 Å². The van der Waals surface area contributed by atoms with Gasteiger partial charge in [-0.3, -0.25) is 0 Å². The topological polar surface area (TPSA) is 61.7 Å². The summed E-state index contributed by atoms with van der Waals surface area (Å²) in [5.74, 6) is 0.792. The summed E-state index contributed by atoms with van der Waals surface area (Å²) in [5, 5.41) is 22.3. The molecule has 0 radical (unpaired) electrons. The van der Waals surface area contributed by atoms with Crippen LogP contribution in [0.25, 0.3) is 0 Å². The highest BCUT2D eigenvalue weighted by Crippen LogP contribution is 2.33. The quantitative estimate of drug-likeness (QED) is 0.743. The van der Waals surface area contributed by atoms with Crippen molar-refractivity contribution in [2.75, 3.05) is 6.61 Å². The van der Waals surface area contributed by atoms with E-state index in [0.717, 1.165) is 30.6 Å². The zero-order chi connectivity index (χ0) is 14.6. The number of benzene rings is 1. The van der Waals surface area contributed by atoms with Gasteiger partial charge in [0.1, 0.15) is 11.9 Å². The van der Waals surface area contributed by atoms with Crippen molar-refractivity contribution in [2.45, 2.75) is 57.4 Å². The minimum Gasteiger partial charge on any atom is -0.490 e. The van der Waals surface area contributed by atoms with Crippen LogP contribution in [0.3, 0.4) is 0 Å². The third-order valence-electron chi connectivity index (χ3n) is 3.84. The van der Waals surface area contributed by atoms with Crippen LogP contribution >= 0.6 is 0 Å². The number of aliphatic hydroxyl groups excluding tert-OH is 2. The van der Waals surface area contributed by atoms with E-state index in [-0.39, 0.29) is 24.9 Å². The number of hydrogen-bond acceptors (Lipinski definition) is 4. The highest BCUT2D eigenvalue weighted by Gasteiger charge is 2.40. The normalized spacial score (nSPS) is 26.1. The van der Waals surface area contributed by atoms with Gasteiger partial charge in [0, 0.05) is 18.0 Å². The lowest BCUT2D eigenvalue weighted by atomic mass is 9.97. The van der Waals surface area contributed by atoms with E-state index in [9.17, 15) is 5.11 Å².